The van der Waals surface area contributed by atoms with Crippen molar-refractivity contribution in [3.8, 4) is 5.75 Å². The number of aliphatic carboxylic acids is 1. The summed E-state index contributed by atoms with van der Waals surface area (Å²) in [5.74, 6) is -0.0290. The number of H-pyrrole nitrogens is 1. The number of carboxylic acids is 1. The summed E-state index contributed by atoms with van der Waals surface area (Å²) in [6, 6.07) is 5.54. The molecule has 1 aromatic carbocycles. The van der Waals surface area contributed by atoms with Crippen LogP contribution in [0.25, 0.3) is 11.0 Å². The number of carboxylic acid groups (broad SMARTS) is 1. The molecule has 2 atom stereocenters. The van der Waals surface area contributed by atoms with Gasteiger partial charge in [-0.2, -0.15) is 0 Å². The van der Waals surface area contributed by atoms with E-state index in [-0.39, 0.29) is 5.92 Å². The van der Waals surface area contributed by atoms with Crippen LogP contribution in [0.1, 0.15) is 25.6 Å². The summed E-state index contributed by atoms with van der Waals surface area (Å²) < 4.78 is 5.14. The molecule has 96 valence electrons. The Kier molecular flexibility index (Phi) is 3.23. The van der Waals surface area contributed by atoms with Crippen molar-refractivity contribution in [3.05, 3.63) is 24.0 Å². The lowest BCUT2D eigenvalue weighted by molar-refractivity contribution is -0.141. The molecule has 0 saturated carbocycles. The van der Waals surface area contributed by atoms with E-state index < -0.39 is 11.9 Å². The second-order valence-electron chi connectivity index (χ2n) is 4.42. The molecule has 0 saturated heterocycles. The molecule has 0 aliphatic carbocycles. The van der Waals surface area contributed by atoms with Gasteiger partial charge in [-0.05, 0) is 12.1 Å². The van der Waals surface area contributed by atoms with Gasteiger partial charge in [0.25, 0.3) is 0 Å². The molecule has 1 heterocycles. The van der Waals surface area contributed by atoms with Crippen LogP contribution in [0.3, 0.4) is 0 Å². The molecule has 2 rings (SSSR count). The fourth-order valence-electron chi connectivity index (χ4n) is 1.80. The lowest BCUT2D eigenvalue weighted by Gasteiger charge is -2.12. The Labute approximate surface area is 105 Å². The van der Waals surface area contributed by atoms with E-state index >= 15 is 0 Å². The van der Waals surface area contributed by atoms with Crippen molar-refractivity contribution in [2.75, 3.05) is 7.11 Å². The average molecular weight is 248 g/mol. The standard InChI is InChI=1S/C13H16N2O3/c1-7(8(2)13(16)17)12-14-10-5-4-9(18-3)6-11(10)15-12/h4-8H,1-3H3,(H,14,15)(H,16,17). The van der Waals surface area contributed by atoms with Crippen LogP contribution in [-0.4, -0.2) is 28.2 Å². The first kappa shape index (κ1) is 12.4. The minimum atomic E-state index is -0.819. The molecule has 5 heteroatoms. The number of benzene rings is 1. The predicted octanol–water partition coefficient (Wildman–Crippen LogP) is 2.40. The van der Waals surface area contributed by atoms with E-state index in [1.807, 2.05) is 25.1 Å². The van der Waals surface area contributed by atoms with E-state index in [9.17, 15) is 4.79 Å². The molecule has 0 fully saturated rings. The Balaban J connectivity index is 2.37. The molecule has 18 heavy (non-hydrogen) atoms. The largest absolute Gasteiger partial charge is 0.497 e. The summed E-state index contributed by atoms with van der Waals surface area (Å²) in [6.07, 6.45) is 0. The molecule has 1 aromatic heterocycles. The summed E-state index contributed by atoms with van der Waals surface area (Å²) in [5, 5.41) is 9.01. The fourth-order valence-corrected chi connectivity index (χ4v) is 1.80. The van der Waals surface area contributed by atoms with E-state index in [1.165, 1.54) is 0 Å². The Morgan fingerprint density at radius 1 is 1.44 bits per heavy atom. The van der Waals surface area contributed by atoms with Crippen LogP contribution < -0.4 is 4.74 Å². The number of nitrogens with one attached hydrogen (secondary N) is 1. The van der Waals surface area contributed by atoms with Crippen molar-refractivity contribution >= 4 is 17.0 Å². The van der Waals surface area contributed by atoms with Gasteiger partial charge in [0.2, 0.25) is 0 Å². The maximum absolute atomic E-state index is 11.0. The quantitative estimate of drug-likeness (QED) is 0.871. The first-order valence-corrected chi connectivity index (χ1v) is 5.79. The van der Waals surface area contributed by atoms with E-state index in [0.29, 0.717) is 5.82 Å². The Bertz CT molecular complexity index is 577. The smallest absolute Gasteiger partial charge is 0.306 e. The zero-order chi connectivity index (χ0) is 13.3. The van der Waals surface area contributed by atoms with Crippen LogP contribution in [0.2, 0.25) is 0 Å². The Hall–Kier alpha value is -2.04. The Morgan fingerprint density at radius 2 is 2.17 bits per heavy atom. The molecule has 0 bridgehead atoms. The number of nitrogens with zero attached hydrogens (tertiary/aromatic N) is 1. The van der Waals surface area contributed by atoms with Crippen molar-refractivity contribution in [2.45, 2.75) is 19.8 Å². The minimum Gasteiger partial charge on any atom is -0.497 e. The number of carbonyl (C=O) groups is 1. The number of aromatic nitrogens is 2. The number of ether oxygens (including phenoxy) is 1. The molecule has 2 aromatic rings. The van der Waals surface area contributed by atoms with Gasteiger partial charge in [0.05, 0.1) is 24.1 Å². The zero-order valence-electron chi connectivity index (χ0n) is 10.6. The highest BCUT2D eigenvalue weighted by Crippen LogP contribution is 2.26. The molecule has 0 aliphatic rings. The minimum absolute atomic E-state index is 0.166. The van der Waals surface area contributed by atoms with Crippen LogP contribution in [0.5, 0.6) is 5.75 Å². The molecule has 2 N–H and O–H groups in total. The van der Waals surface area contributed by atoms with Gasteiger partial charge in [0.1, 0.15) is 11.6 Å². The van der Waals surface area contributed by atoms with Gasteiger partial charge in [-0.1, -0.05) is 13.8 Å². The van der Waals surface area contributed by atoms with Crippen LogP contribution in [0.15, 0.2) is 18.2 Å². The van der Waals surface area contributed by atoms with E-state index in [1.54, 1.807) is 14.0 Å². The Morgan fingerprint density at radius 3 is 2.78 bits per heavy atom. The van der Waals surface area contributed by atoms with Gasteiger partial charge < -0.3 is 14.8 Å². The first-order chi connectivity index (χ1) is 8.52. The van der Waals surface area contributed by atoms with Gasteiger partial charge in [0.15, 0.2) is 0 Å². The van der Waals surface area contributed by atoms with Gasteiger partial charge in [-0.25, -0.2) is 4.98 Å². The number of hydrogen-bond acceptors (Lipinski definition) is 3. The monoisotopic (exact) mass is 248 g/mol. The summed E-state index contributed by atoms with van der Waals surface area (Å²) in [5.41, 5.74) is 1.67. The third-order valence-electron chi connectivity index (χ3n) is 3.28. The molecule has 0 spiro atoms. The summed E-state index contributed by atoms with van der Waals surface area (Å²) in [7, 11) is 1.60. The molecule has 5 nitrogen and oxygen atoms in total. The number of imidazole rings is 1. The average Bonchev–Trinajstić information content (AvgIpc) is 2.79. The maximum atomic E-state index is 11.0. The van der Waals surface area contributed by atoms with Gasteiger partial charge in [-0.15, -0.1) is 0 Å². The lowest BCUT2D eigenvalue weighted by atomic mass is 9.96. The third kappa shape index (κ3) is 2.16. The number of fused-ring (bicyclic) bond motifs is 1. The second-order valence-corrected chi connectivity index (χ2v) is 4.42. The van der Waals surface area contributed by atoms with Gasteiger partial charge in [0, 0.05) is 12.0 Å². The van der Waals surface area contributed by atoms with Gasteiger partial charge >= 0.3 is 5.97 Å². The third-order valence-corrected chi connectivity index (χ3v) is 3.28. The normalized spacial score (nSPS) is 14.4. The van der Waals surface area contributed by atoms with Gasteiger partial charge in [-0.3, -0.25) is 4.79 Å². The van der Waals surface area contributed by atoms with Crippen LogP contribution in [0.4, 0.5) is 0 Å². The highest BCUT2D eigenvalue weighted by atomic mass is 16.5. The highest BCUT2D eigenvalue weighted by Gasteiger charge is 2.23. The number of methoxy groups -OCH3 is 1. The SMILES string of the molecule is COc1ccc2nc(C(C)C(C)C(=O)O)[nH]c2c1. The van der Waals surface area contributed by atoms with Crippen molar-refractivity contribution in [1.29, 1.82) is 0 Å². The summed E-state index contributed by atoms with van der Waals surface area (Å²) in [4.78, 5) is 18.5. The second kappa shape index (κ2) is 4.68. The zero-order valence-corrected chi connectivity index (χ0v) is 10.6. The van der Waals surface area contributed by atoms with Crippen LogP contribution >= 0.6 is 0 Å². The molecule has 0 amide bonds. The summed E-state index contributed by atoms with van der Waals surface area (Å²) >= 11 is 0. The maximum Gasteiger partial charge on any atom is 0.306 e. The molecule has 0 radical (unpaired) electrons. The number of aromatic amines is 1. The van der Waals surface area contributed by atoms with Crippen molar-refractivity contribution < 1.29 is 14.6 Å². The topological polar surface area (TPSA) is 75.2 Å². The van der Waals surface area contributed by atoms with Crippen molar-refractivity contribution in [2.24, 2.45) is 5.92 Å². The van der Waals surface area contributed by atoms with E-state index in [4.69, 9.17) is 9.84 Å². The van der Waals surface area contributed by atoms with E-state index in [2.05, 4.69) is 9.97 Å². The number of hydrogen-bond donors (Lipinski definition) is 2. The van der Waals surface area contributed by atoms with Crippen LogP contribution in [0, 0.1) is 5.92 Å². The van der Waals surface area contributed by atoms with Crippen molar-refractivity contribution in [3.63, 3.8) is 0 Å². The van der Waals surface area contributed by atoms with E-state index in [0.717, 1.165) is 16.8 Å². The fraction of sp³-hybridized carbons (Fsp3) is 0.385. The first-order valence-electron chi connectivity index (χ1n) is 5.79. The van der Waals surface area contributed by atoms with Crippen LogP contribution in [-0.2, 0) is 4.79 Å². The lowest BCUT2D eigenvalue weighted by Crippen LogP contribution is -2.17. The number of rotatable bonds is 4. The highest BCUT2D eigenvalue weighted by molar-refractivity contribution is 5.77. The molecular formula is C13H16N2O3. The van der Waals surface area contributed by atoms with Crippen molar-refractivity contribution in [1.82, 2.24) is 9.97 Å². The molecule has 0 aliphatic heterocycles. The predicted molar refractivity (Wildman–Crippen MR) is 67.9 cm³/mol. The molecule has 2 unspecified atom stereocenters. The summed E-state index contributed by atoms with van der Waals surface area (Å²) in [6.45, 7) is 3.54. The molecular weight excluding hydrogens is 232 g/mol.